The van der Waals surface area contributed by atoms with E-state index in [9.17, 15) is 18.4 Å². The quantitative estimate of drug-likeness (QED) is 0.751. The molecule has 0 aromatic heterocycles. The third-order valence-electron chi connectivity index (χ3n) is 2.78. The van der Waals surface area contributed by atoms with Crippen molar-refractivity contribution in [3.63, 3.8) is 0 Å². The Morgan fingerprint density at radius 1 is 1.08 bits per heavy atom. The Balaban J connectivity index is 1.83. The minimum absolute atomic E-state index is 0.0466. The maximum absolute atomic E-state index is 13.1. The molecule has 2 aromatic rings. The molecular weight excluding hydrogens is 338 g/mol. The molecule has 0 spiro atoms. The SMILES string of the molecule is NC(=O)COc1ccc(NC(=O)CSc2ccc(F)c(F)c2)cc1. The molecule has 2 aromatic carbocycles. The third-order valence-corrected chi connectivity index (χ3v) is 3.77. The molecule has 0 aliphatic heterocycles. The van der Waals surface area contributed by atoms with Crippen LogP contribution in [0.2, 0.25) is 0 Å². The molecule has 0 radical (unpaired) electrons. The number of carbonyl (C=O) groups excluding carboxylic acids is 2. The molecule has 126 valence electrons. The topological polar surface area (TPSA) is 81.4 Å². The number of rotatable bonds is 7. The van der Waals surface area contributed by atoms with E-state index in [0.717, 1.165) is 23.9 Å². The number of carbonyl (C=O) groups is 2. The van der Waals surface area contributed by atoms with Gasteiger partial charge in [-0.3, -0.25) is 9.59 Å². The van der Waals surface area contributed by atoms with Crippen LogP contribution < -0.4 is 15.8 Å². The number of anilines is 1. The first kappa shape index (κ1) is 17.7. The summed E-state index contributed by atoms with van der Waals surface area (Å²) in [6.45, 7) is -0.226. The van der Waals surface area contributed by atoms with E-state index >= 15 is 0 Å². The molecule has 0 bridgehead atoms. The predicted molar refractivity (Wildman–Crippen MR) is 86.8 cm³/mol. The van der Waals surface area contributed by atoms with Crippen LogP contribution in [-0.2, 0) is 9.59 Å². The summed E-state index contributed by atoms with van der Waals surface area (Å²) in [5.41, 5.74) is 5.51. The van der Waals surface area contributed by atoms with Crippen molar-refractivity contribution in [2.24, 2.45) is 5.73 Å². The molecule has 2 amide bonds. The molecule has 0 aliphatic rings. The van der Waals surface area contributed by atoms with E-state index in [0.29, 0.717) is 16.3 Å². The molecule has 2 rings (SSSR count). The Hall–Kier alpha value is -2.61. The second-order valence-electron chi connectivity index (χ2n) is 4.69. The Labute approximate surface area is 141 Å². The highest BCUT2D eigenvalue weighted by molar-refractivity contribution is 8.00. The zero-order valence-corrected chi connectivity index (χ0v) is 13.2. The lowest BCUT2D eigenvalue weighted by molar-refractivity contribution is -0.120. The van der Waals surface area contributed by atoms with Crippen molar-refractivity contribution in [1.82, 2.24) is 0 Å². The first-order valence-electron chi connectivity index (χ1n) is 6.83. The number of hydrogen-bond acceptors (Lipinski definition) is 4. The molecule has 3 N–H and O–H groups in total. The van der Waals surface area contributed by atoms with Crippen LogP contribution in [0, 0.1) is 11.6 Å². The number of primary amides is 1. The van der Waals surface area contributed by atoms with Crippen molar-refractivity contribution in [2.45, 2.75) is 4.90 Å². The fourth-order valence-corrected chi connectivity index (χ4v) is 2.42. The Morgan fingerprint density at radius 2 is 1.79 bits per heavy atom. The monoisotopic (exact) mass is 352 g/mol. The van der Waals surface area contributed by atoms with Gasteiger partial charge in [0.15, 0.2) is 18.2 Å². The van der Waals surface area contributed by atoms with Crippen molar-refractivity contribution in [2.75, 3.05) is 17.7 Å². The lowest BCUT2D eigenvalue weighted by Gasteiger charge is -2.07. The van der Waals surface area contributed by atoms with Gasteiger partial charge in [-0.1, -0.05) is 0 Å². The second-order valence-corrected chi connectivity index (χ2v) is 5.74. The summed E-state index contributed by atoms with van der Waals surface area (Å²) in [6, 6.07) is 9.84. The molecule has 0 saturated heterocycles. The Bertz CT molecular complexity index is 739. The van der Waals surface area contributed by atoms with E-state index in [4.69, 9.17) is 10.5 Å². The summed E-state index contributed by atoms with van der Waals surface area (Å²) in [7, 11) is 0. The van der Waals surface area contributed by atoms with Crippen molar-refractivity contribution in [3.05, 3.63) is 54.1 Å². The largest absolute Gasteiger partial charge is 0.484 e. The van der Waals surface area contributed by atoms with E-state index in [1.54, 1.807) is 24.3 Å². The first-order chi connectivity index (χ1) is 11.4. The van der Waals surface area contributed by atoms with Gasteiger partial charge in [0.05, 0.1) is 5.75 Å². The van der Waals surface area contributed by atoms with Gasteiger partial charge in [0.25, 0.3) is 5.91 Å². The Morgan fingerprint density at radius 3 is 2.42 bits per heavy atom. The van der Waals surface area contributed by atoms with E-state index in [1.165, 1.54) is 6.07 Å². The van der Waals surface area contributed by atoms with Gasteiger partial charge in [-0.2, -0.15) is 0 Å². The molecular formula is C16H14F2N2O3S. The zero-order chi connectivity index (χ0) is 17.5. The lowest BCUT2D eigenvalue weighted by atomic mass is 10.3. The number of amides is 2. The average molecular weight is 352 g/mol. The summed E-state index contributed by atoms with van der Waals surface area (Å²) in [5.74, 6) is -2.26. The van der Waals surface area contributed by atoms with Gasteiger partial charge in [0, 0.05) is 10.6 Å². The maximum Gasteiger partial charge on any atom is 0.255 e. The average Bonchev–Trinajstić information content (AvgIpc) is 2.55. The summed E-state index contributed by atoms with van der Waals surface area (Å²) < 4.78 is 31.0. The molecule has 0 unspecified atom stereocenters. The van der Waals surface area contributed by atoms with Crippen LogP contribution in [0.5, 0.6) is 5.75 Å². The maximum atomic E-state index is 13.1. The van der Waals surface area contributed by atoms with Crippen LogP contribution in [0.25, 0.3) is 0 Å². The lowest BCUT2D eigenvalue weighted by Crippen LogP contribution is -2.20. The summed E-state index contributed by atoms with van der Waals surface area (Å²) in [6.07, 6.45) is 0. The van der Waals surface area contributed by atoms with Gasteiger partial charge in [-0.25, -0.2) is 8.78 Å². The molecule has 0 aliphatic carbocycles. The summed E-state index contributed by atoms with van der Waals surface area (Å²) in [4.78, 5) is 22.9. The molecule has 0 saturated carbocycles. The highest BCUT2D eigenvalue weighted by Gasteiger charge is 2.07. The number of thioether (sulfide) groups is 1. The van der Waals surface area contributed by atoms with Crippen LogP contribution in [0.4, 0.5) is 14.5 Å². The van der Waals surface area contributed by atoms with E-state index in [2.05, 4.69) is 5.32 Å². The number of benzene rings is 2. The number of nitrogens with two attached hydrogens (primary N) is 1. The first-order valence-corrected chi connectivity index (χ1v) is 7.81. The van der Waals surface area contributed by atoms with E-state index < -0.39 is 17.5 Å². The number of hydrogen-bond donors (Lipinski definition) is 2. The highest BCUT2D eigenvalue weighted by atomic mass is 32.2. The van der Waals surface area contributed by atoms with Crippen LogP contribution in [-0.4, -0.2) is 24.2 Å². The number of halogens is 2. The highest BCUT2D eigenvalue weighted by Crippen LogP contribution is 2.21. The molecule has 24 heavy (non-hydrogen) atoms. The minimum atomic E-state index is -0.952. The Kier molecular flexibility index (Phi) is 6.14. The van der Waals surface area contributed by atoms with E-state index in [1.807, 2.05) is 0 Å². The third kappa shape index (κ3) is 5.54. The normalized spacial score (nSPS) is 10.2. The van der Waals surface area contributed by atoms with Crippen LogP contribution in [0.1, 0.15) is 0 Å². The van der Waals surface area contributed by atoms with Gasteiger partial charge >= 0.3 is 0 Å². The van der Waals surface area contributed by atoms with Crippen LogP contribution in [0.3, 0.4) is 0 Å². The fraction of sp³-hybridized carbons (Fsp3) is 0.125. The van der Waals surface area contributed by atoms with Gasteiger partial charge in [-0.05, 0) is 42.5 Å². The predicted octanol–water partition coefficient (Wildman–Crippen LogP) is 2.56. The second kappa shape index (κ2) is 8.30. The van der Waals surface area contributed by atoms with Gasteiger partial charge in [0.1, 0.15) is 5.75 Å². The van der Waals surface area contributed by atoms with Crippen molar-refractivity contribution in [3.8, 4) is 5.75 Å². The van der Waals surface area contributed by atoms with Gasteiger partial charge in [-0.15, -0.1) is 11.8 Å². The molecule has 8 heteroatoms. The van der Waals surface area contributed by atoms with Crippen molar-refractivity contribution < 1.29 is 23.1 Å². The minimum Gasteiger partial charge on any atom is -0.484 e. The zero-order valence-electron chi connectivity index (χ0n) is 12.4. The summed E-state index contributed by atoms with van der Waals surface area (Å²) >= 11 is 1.09. The number of ether oxygens (including phenoxy) is 1. The summed E-state index contributed by atoms with van der Waals surface area (Å²) in [5, 5.41) is 2.66. The molecule has 5 nitrogen and oxygen atoms in total. The van der Waals surface area contributed by atoms with Gasteiger partial charge < -0.3 is 15.8 Å². The molecule has 0 atom stereocenters. The fourth-order valence-electron chi connectivity index (χ4n) is 1.70. The smallest absolute Gasteiger partial charge is 0.255 e. The molecule has 0 fully saturated rings. The van der Waals surface area contributed by atoms with E-state index in [-0.39, 0.29) is 18.3 Å². The van der Waals surface area contributed by atoms with Crippen molar-refractivity contribution >= 4 is 29.3 Å². The molecule has 0 heterocycles. The van der Waals surface area contributed by atoms with Gasteiger partial charge in [0.2, 0.25) is 5.91 Å². The van der Waals surface area contributed by atoms with Crippen LogP contribution >= 0.6 is 11.8 Å². The standard InChI is InChI=1S/C16H14F2N2O3S/c17-13-6-5-12(7-14(13)18)24-9-16(22)20-10-1-3-11(4-2-10)23-8-15(19)21/h1-7H,8-9H2,(H2,19,21)(H,20,22). The van der Waals surface area contributed by atoms with Crippen LogP contribution in [0.15, 0.2) is 47.4 Å². The van der Waals surface area contributed by atoms with Crippen molar-refractivity contribution in [1.29, 1.82) is 0 Å². The number of nitrogens with one attached hydrogen (secondary N) is 1.